The van der Waals surface area contributed by atoms with E-state index in [0.29, 0.717) is 6.04 Å². The Bertz CT molecular complexity index is 316. The minimum Gasteiger partial charge on any atom is -0.382 e. The summed E-state index contributed by atoms with van der Waals surface area (Å²) in [5, 5.41) is 3.66. The van der Waals surface area contributed by atoms with Crippen molar-refractivity contribution in [3.63, 3.8) is 0 Å². The van der Waals surface area contributed by atoms with E-state index in [1.807, 2.05) is 0 Å². The van der Waals surface area contributed by atoms with Gasteiger partial charge in [0.05, 0.1) is 0 Å². The zero-order chi connectivity index (χ0) is 11.2. The van der Waals surface area contributed by atoms with Gasteiger partial charge in [0.2, 0.25) is 0 Å². The van der Waals surface area contributed by atoms with Gasteiger partial charge in [0.15, 0.2) is 0 Å². The average Bonchev–Trinajstić information content (AvgIpc) is 2.58. The molecule has 1 aliphatic heterocycles. The second-order valence-electron chi connectivity index (χ2n) is 4.40. The van der Waals surface area contributed by atoms with Crippen molar-refractivity contribution >= 4 is 5.69 Å². The first kappa shape index (κ1) is 11.5. The molecule has 16 heavy (non-hydrogen) atoms. The van der Waals surface area contributed by atoms with Gasteiger partial charge in [-0.25, -0.2) is 0 Å². The normalized spacial score (nSPS) is 21.4. The van der Waals surface area contributed by atoms with E-state index in [1.54, 1.807) is 0 Å². The predicted octanol–water partition coefficient (Wildman–Crippen LogP) is 3.23. The smallest absolute Gasteiger partial charge is 0.0485 e. The van der Waals surface area contributed by atoms with Crippen LogP contribution in [-0.2, 0) is 11.2 Å². The van der Waals surface area contributed by atoms with Gasteiger partial charge in [0, 0.05) is 24.9 Å². The fourth-order valence-electron chi connectivity index (χ4n) is 2.24. The average molecular weight is 219 g/mol. The summed E-state index contributed by atoms with van der Waals surface area (Å²) in [6.45, 7) is 4.02. The molecular formula is C14H21NO. The second-order valence-corrected chi connectivity index (χ2v) is 4.40. The molecular weight excluding hydrogens is 198 g/mol. The standard InChI is InChI=1S/C14H21NO/c1-2-12-6-3-4-8-14(12)15-13-7-5-10-16-11-9-13/h3-4,6,8,13,15H,2,5,7,9-11H2,1H3. The van der Waals surface area contributed by atoms with Crippen molar-refractivity contribution in [3.05, 3.63) is 29.8 Å². The van der Waals surface area contributed by atoms with E-state index < -0.39 is 0 Å². The van der Waals surface area contributed by atoms with Gasteiger partial charge >= 0.3 is 0 Å². The SMILES string of the molecule is CCc1ccccc1NC1CCCOCC1. The Morgan fingerprint density at radius 2 is 2.12 bits per heavy atom. The van der Waals surface area contributed by atoms with Crippen LogP contribution in [0.25, 0.3) is 0 Å². The topological polar surface area (TPSA) is 21.3 Å². The highest BCUT2D eigenvalue weighted by molar-refractivity contribution is 5.51. The Morgan fingerprint density at radius 3 is 3.00 bits per heavy atom. The summed E-state index contributed by atoms with van der Waals surface area (Å²) in [4.78, 5) is 0. The third-order valence-corrected chi connectivity index (χ3v) is 3.21. The van der Waals surface area contributed by atoms with E-state index in [9.17, 15) is 0 Å². The van der Waals surface area contributed by atoms with E-state index in [4.69, 9.17) is 4.74 Å². The second kappa shape index (κ2) is 5.90. The Balaban J connectivity index is 2.01. The molecule has 1 fully saturated rings. The molecule has 1 N–H and O–H groups in total. The third-order valence-electron chi connectivity index (χ3n) is 3.21. The van der Waals surface area contributed by atoms with Crippen molar-refractivity contribution < 1.29 is 4.74 Å². The van der Waals surface area contributed by atoms with Crippen LogP contribution in [0.15, 0.2) is 24.3 Å². The van der Waals surface area contributed by atoms with Crippen LogP contribution in [0.4, 0.5) is 5.69 Å². The molecule has 2 heteroatoms. The van der Waals surface area contributed by atoms with Gasteiger partial charge in [0.25, 0.3) is 0 Å². The lowest BCUT2D eigenvalue weighted by Crippen LogP contribution is -2.20. The van der Waals surface area contributed by atoms with Gasteiger partial charge in [-0.15, -0.1) is 0 Å². The zero-order valence-electron chi connectivity index (χ0n) is 10.0. The van der Waals surface area contributed by atoms with E-state index in [-0.39, 0.29) is 0 Å². The molecule has 0 aromatic heterocycles. The monoisotopic (exact) mass is 219 g/mol. The number of aryl methyl sites for hydroxylation is 1. The summed E-state index contributed by atoms with van der Waals surface area (Å²) in [7, 11) is 0. The van der Waals surface area contributed by atoms with Crippen molar-refractivity contribution in [1.29, 1.82) is 0 Å². The molecule has 0 radical (unpaired) electrons. The molecule has 0 amide bonds. The van der Waals surface area contributed by atoms with Crippen molar-refractivity contribution in [2.24, 2.45) is 0 Å². The molecule has 1 aromatic rings. The van der Waals surface area contributed by atoms with Gasteiger partial charge in [-0.1, -0.05) is 25.1 Å². The minimum atomic E-state index is 0.579. The molecule has 0 saturated carbocycles. The Hall–Kier alpha value is -1.02. The van der Waals surface area contributed by atoms with Crippen LogP contribution in [0.2, 0.25) is 0 Å². The van der Waals surface area contributed by atoms with Crippen LogP contribution >= 0.6 is 0 Å². The summed E-state index contributed by atoms with van der Waals surface area (Å²) in [5.74, 6) is 0. The number of benzene rings is 1. The van der Waals surface area contributed by atoms with Crippen molar-refractivity contribution in [3.8, 4) is 0 Å². The van der Waals surface area contributed by atoms with Crippen LogP contribution in [-0.4, -0.2) is 19.3 Å². The first-order valence-electron chi connectivity index (χ1n) is 6.32. The van der Waals surface area contributed by atoms with Gasteiger partial charge in [0.1, 0.15) is 0 Å². The molecule has 0 bridgehead atoms. The number of ether oxygens (including phenoxy) is 1. The molecule has 1 atom stereocenters. The minimum absolute atomic E-state index is 0.579. The maximum absolute atomic E-state index is 5.48. The Morgan fingerprint density at radius 1 is 1.25 bits per heavy atom. The van der Waals surface area contributed by atoms with Gasteiger partial charge in [-0.3, -0.25) is 0 Å². The number of para-hydroxylation sites is 1. The molecule has 1 heterocycles. The van der Waals surface area contributed by atoms with E-state index in [1.165, 1.54) is 24.1 Å². The summed E-state index contributed by atoms with van der Waals surface area (Å²) in [5.41, 5.74) is 2.71. The molecule has 0 spiro atoms. The maximum Gasteiger partial charge on any atom is 0.0485 e. The summed E-state index contributed by atoms with van der Waals surface area (Å²) in [6.07, 6.45) is 4.61. The van der Waals surface area contributed by atoms with Crippen LogP contribution in [0.3, 0.4) is 0 Å². The fourth-order valence-corrected chi connectivity index (χ4v) is 2.24. The zero-order valence-corrected chi connectivity index (χ0v) is 10.0. The largest absolute Gasteiger partial charge is 0.382 e. The summed E-state index contributed by atoms with van der Waals surface area (Å²) < 4.78 is 5.48. The Labute approximate surface area is 98.0 Å². The lowest BCUT2D eigenvalue weighted by Gasteiger charge is -2.19. The van der Waals surface area contributed by atoms with Crippen molar-refractivity contribution in [2.45, 2.75) is 38.6 Å². The third kappa shape index (κ3) is 2.99. The first-order chi connectivity index (χ1) is 7.90. The maximum atomic E-state index is 5.48. The highest BCUT2D eigenvalue weighted by atomic mass is 16.5. The van der Waals surface area contributed by atoms with Crippen LogP contribution in [0, 0.1) is 0 Å². The van der Waals surface area contributed by atoms with E-state index in [0.717, 1.165) is 26.1 Å². The van der Waals surface area contributed by atoms with Crippen molar-refractivity contribution in [1.82, 2.24) is 0 Å². The number of anilines is 1. The number of rotatable bonds is 3. The highest BCUT2D eigenvalue weighted by Crippen LogP contribution is 2.20. The summed E-state index contributed by atoms with van der Waals surface area (Å²) in [6, 6.07) is 9.19. The highest BCUT2D eigenvalue weighted by Gasteiger charge is 2.12. The predicted molar refractivity (Wildman–Crippen MR) is 67.9 cm³/mol. The lowest BCUT2D eigenvalue weighted by molar-refractivity contribution is 0.144. The van der Waals surface area contributed by atoms with Crippen LogP contribution < -0.4 is 5.32 Å². The number of hydrogen-bond donors (Lipinski definition) is 1. The molecule has 2 nitrogen and oxygen atoms in total. The van der Waals surface area contributed by atoms with Gasteiger partial charge in [-0.05, 0) is 37.3 Å². The molecule has 0 aliphatic carbocycles. The Kier molecular flexibility index (Phi) is 4.23. The quantitative estimate of drug-likeness (QED) is 0.842. The molecule has 1 unspecified atom stereocenters. The first-order valence-corrected chi connectivity index (χ1v) is 6.32. The van der Waals surface area contributed by atoms with E-state index >= 15 is 0 Å². The molecule has 1 saturated heterocycles. The summed E-state index contributed by atoms with van der Waals surface area (Å²) >= 11 is 0. The fraction of sp³-hybridized carbons (Fsp3) is 0.571. The lowest BCUT2D eigenvalue weighted by atomic mass is 10.1. The number of nitrogens with one attached hydrogen (secondary N) is 1. The van der Waals surface area contributed by atoms with Gasteiger partial charge in [-0.2, -0.15) is 0 Å². The van der Waals surface area contributed by atoms with Gasteiger partial charge < -0.3 is 10.1 Å². The van der Waals surface area contributed by atoms with Crippen LogP contribution in [0.5, 0.6) is 0 Å². The molecule has 88 valence electrons. The van der Waals surface area contributed by atoms with E-state index in [2.05, 4.69) is 36.5 Å². The number of hydrogen-bond acceptors (Lipinski definition) is 2. The molecule has 2 rings (SSSR count). The van der Waals surface area contributed by atoms with Crippen molar-refractivity contribution in [2.75, 3.05) is 18.5 Å². The molecule has 1 aliphatic rings. The van der Waals surface area contributed by atoms with Crippen LogP contribution in [0.1, 0.15) is 31.7 Å². The molecule has 1 aromatic carbocycles.